The van der Waals surface area contributed by atoms with Gasteiger partial charge in [0.25, 0.3) is 0 Å². The minimum Gasteiger partial charge on any atom is -0.345 e. The number of thioether (sulfide) groups is 1. The van der Waals surface area contributed by atoms with Crippen LogP contribution in [0.1, 0.15) is 17.9 Å². The van der Waals surface area contributed by atoms with Crippen LogP contribution in [-0.4, -0.2) is 43.0 Å². The summed E-state index contributed by atoms with van der Waals surface area (Å²) in [6, 6.07) is 9.76. The molecule has 4 heteroatoms. The van der Waals surface area contributed by atoms with Gasteiger partial charge in [-0.05, 0) is 24.0 Å². The van der Waals surface area contributed by atoms with E-state index in [1.807, 2.05) is 37.4 Å². The lowest BCUT2D eigenvalue weighted by Crippen LogP contribution is -2.36. The summed E-state index contributed by atoms with van der Waals surface area (Å²) in [5.74, 6) is 0.978. The fraction of sp³-hybridized carbons (Fsp3) is 0.500. The third-order valence-corrected chi connectivity index (χ3v) is 3.65. The van der Waals surface area contributed by atoms with Gasteiger partial charge in [-0.3, -0.25) is 4.79 Å². The monoisotopic (exact) mass is 266 g/mol. The van der Waals surface area contributed by atoms with Gasteiger partial charge < -0.3 is 10.6 Å². The van der Waals surface area contributed by atoms with E-state index in [2.05, 4.69) is 6.26 Å². The zero-order valence-electron chi connectivity index (χ0n) is 11.1. The van der Waals surface area contributed by atoms with Crippen molar-refractivity contribution < 1.29 is 4.79 Å². The van der Waals surface area contributed by atoms with Crippen molar-refractivity contribution in [3.63, 3.8) is 0 Å². The van der Waals surface area contributed by atoms with E-state index in [1.54, 1.807) is 16.7 Å². The maximum absolute atomic E-state index is 12.3. The first-order valence-corrected chi connectivity index (χ1v) is 7.59. The zero-order valence-corrected chi connectivity index (χ0v) is 12.0. The highest BCUT2D eigenvalue weighted by molar-refractivity contribution is 7.98. The normalized spacial score (nSPS) is 12.2. The number of nitrogens with zero attached hydrogens (tertiary/aromatic N) is 1. The summed E-state index contributed by atoms with van der Waals surface area (Å²) in [7, 11) is 1.86. The highest BCUT2D eigenvalue weighted by atomic mass is 32.2. The molecule has 3 nitrogen and oxygen atoms in total. The topological polar surface area (TPSA) is 46.3 Å². The van der Waals surface area contributed by atoms with Crippen LogP contribution >= 0.6 is 11.8 Å². The third-order valence-electron chi connectivity index (χ3n) is 2.95. The second-order valence-electron chi connectivity index (χ2n) is 4.31. The first-order valence-electron chi connectivity index (χ1n) is 6.19. The van der Waals surface area contributed by atoms with Crippen LogP contribution in [0.4, 0.5) is 0 Å². The largest absolute Gasteiger partial charge is 0.345 e. The van der Waals surface area contributed by atoms with Crippen molar-refractivity contribution >= 4 is 17.7 Å². The summed E-state index contributed by atoms with van der Waals surface area (Å²) >= 11 is 1.80. The van der Waals surface area contributed by atoms with Crippen LogP contribution in [0, 0.1) is 0 Å². The van der Waals surface area contributed by atoms with E-state index in [9.17, 15) is 4.79 Å². The van der Waals surface area contributed by atoms with Crippen LogP contribution in [0.5, 0.6) is 0 Å². The molecule has 1 aromatic rings. The molecule has 1 rings (SSSR count). The third kappa shape index (κ3) is 4.35. The Morgan fingerprint density at radius 2 is 2.06 bits per heavy atom. The van der Waals surface area contributed by atoms with Crippen LogP contribution in [0.3, 0.4) is 0 Å². The molecule has 18 heavy (non-hydrogen) atoms. The first-order chi connectivity index (χ1) is 8.70. The van der Waals surface area contributed by atoms with E-state index in [4.69, 9.17) is 5.73 Å². The standard InChI is InChI=1S/C14H22N2OS/c1-16(9-6-10-18-2)14(17)13(11-15)12-7-4-3-5-8-12/h3-5,7-8,13H,6,9-11,15H2,1-2H3. The highest BCUT2D eigenvalue weighted by Crippen LogP contribution is 2.16. The second kappa shape index (κ2) is 8.16. The second-order valence-corrected chi connectivity index (χ2v) is 5.29. The Bertz CT molecular complexity index is 356. The number of hydrogen-bond acceptors (Lipinski definition) is 3. The number of hydrogen-bond donors (Lipinski definition) is 1. The molecule has 0 saturated carbocycles. The van der Waals surface area contributed by atoms with Gasteiger partial charge in [0.1, 0.15) is 0 Å². The molecule has 0 radical (unpaired) electrons. The van der Waals surface area contributed by atoms with Crippen LogP contribution in [-0.2, 0) is 4.79 Å². The van der Waals surface area contributed by atoms with Gasteiger partial charge in [0.2, 0.25) is 5.91 Å². The molecule has 100 valence electrons. The molecule has 0 aliphatic rings. The lowest BCUT2D eigenvalue weighted by Gasteiger charge is -2.23. The number of carbonyl (C=O) groups excluding carboxylic acids is 1. The molecular weight excluding hydrogens is 244 g/mol. The fourth-order valence-electron chi connectivity index (χ4n) is 1.89. The Hall–Kier alpha value is -1.00. The molecule has 1 amide bonds. The van der Waals surface area contributed by atoms with Gasteiger partial charge in [0.15, 0.2) is 0 Å². The molecule has 1 aromatic carbocycles. The average Bonchev–Trinajstić information content (AvgIpc) is 2.41. The van der Waals surface area contributed by atoms with Crippen LogP contribution in [0.25, 0.3) is 0 Å². The van der Waals surface area contributed by atoms with E-state index in [0.29, 0.717) is 6.54 Å². The summed E-state index contributed by atoms with van der Waals surface area (Å²) in [5.41, 5.74) is 6.75. The molecular formula is C14H22N2OS. The van der Waals surface area contributed by atoms with Crippen molar-refractivity contribution in [1.82, 2.24) is 4.90 Å². The van der Waals surface area contributed by atoms with E-state index in [-0.39, 0.29) is 11.8 Å². The first kappa shape index (κ1) is 15.1. The van der Waals surface area contributed by atoms with Crippen molar-refractivity contribution in [2.45, 2.75) is 12.3 Å². The predicted molar refractivity (Wildman–Crippen MR) is 78.9 cm³/mol. The van der Waals surface area contributed by atoms with Gasteiger partial charge in [-0.2, -0.15) is 11.8 Å². The van der Waals surface area contributed by atoms with Crippen LogP contribution in [0.2, 0.25) is 0 Å². The van der Waals surface area contributed by atoms with E-state index in [0.717, 1.165) is 24.3 Å². The van der Waals surface area contributed by atoms with Gasteiger partial charge in [-0.25, -0.2) is 0 Å². The van der Waals surface area contributed by atoms with Crippen LogP contribution < -0.4 is 5.73 Å². The Morgan fingerprint density at radius 1 is 1.39 bits per heavy atom. The fourth-order valence-corrected chi connectivity index (χ4v) is 2.30. The highest BCUT2D eigenvalue weighted by Gasteiger charge is 2.21. The van der Waals surface area contributed by atoms with Crippen LogP contribution in [0.15, 0.2) is 30.3 Å². The molecule has 1 unspecified atom stereocenters. The molecule has 0 aliphatic carbocycles. The van der Waals surface area contributed by atoms with Crippen molar-refractivity contribution in [1.29, 1.82) is 0 Å². The van der Waals surface area contributed by atoms with E-state index in [1.165, 1.54) is 0 Å². The molecule has 0 spiro atoms. The van der Waals surface area contributed by atoms with Gasteiger partial charge in [0.05, 0.1) is 5.92 Å². The Balaban J connectivity index is 2.62. The maximum Gasteiger partial charge on any atom is 0.231 e. The van der Waals surface area contributed by atoms with E-state index >= 15 is 0 Å². The summed E-state index contributed by atoms with van der Waals surface area (Å²) in [6.45, 7) is 1.15. The minimum atomic E-state index is -0.217. The quantitative estimate of drug-likeness (QED) is 0.767. The Labute approximate surface area is 114 Å². The summed E-state index contributed by atoms with van der Waals surface area (Å²) in [4.78, 5) is 14.1. The summed E-state index contributed by atoms with van der Waals surface area (Å²) < 4.78 is 0. The van der Waals surface area contributed by atoms with E-state index < -0.39 is 0 Å². The van der Waals surface area contributed by atoms with Gasteiger partial charge in [-0.15, -0.1) is 0 Å². The lowest BCUT2D eigenvalue weighted by molar-refractivity contribution is -0.131. The molecule has 0 aliphatic heterocycles. The number of amides is 1. The molecule has 0 fully saturated rings. The molecule has 1 atom stereocenters. The molecule has 0 saturated heterocycles. The number of benzene rings is 1. The minimum absolute atomic E-state index is 0.116. The molecule has 0 heterocycles. The summed E-state index contributed by atoms with van der Waals surface area (Å²) in [5, 5.41) is 0. The van der Waals surface area contributed by atoms with Gasteiger partial charge in [-0.1, -0.05) is 30.3 Å². The SMILES string of the molecule is CSCCCN(C)C(=O)C(CN)c1ccccc1. The molecule has 0 bridgehead atoms. The van der Waals surface area contributed by atoms with Crippen molar-refractivity contribution in [3.05, 3.63) is 35.9 Å². The molecule has 0 aromatic heterocycles. The van der Waals surface area contributed by atoms with Gasteiger partial charge in [0, 0.05) is 20.1 Å². The maximum atomic E-state index is 12.3. The Morgan fingerprint density at radius 3 is 2.61 bits per heavy atom. The smallest absolute Gasteiger partial charge is 0.231 e. The number of likely N-dealkylation sites (N-methyl/N-ethyl adjacent to an activating group) is 1. The van der Waals surface area contributed by atoms with Crippen molar-refractivity contribution in [2.75, 3.05) is 32.1 Å². The number of rotatable bonds is 7. The lowest BCUT2D eigenvalue weighted by atomic mass is 9.98. The number of carbonyl (C=O) groups is 1. The predicted octanol–water partition coefficient (Wildman–Crippen LogP) is 1.94. The Kier molecular flexibility index (Phi) is 6.83. The van der Waals surface area contributed by atoms with Crippen molar-refractivity contribution in [2.24, 2.45) is 5.73 Å². The zero-order chi connectivity index (χ0) is 13.4. The summed E-state index contributed by atoms with van der Waals surface area (Å²) in [6.07, 6.45) is 3.10. The average molecular weight is 266 g/mol. The van der Waals surface area contributed by atoms with Crippen molar-refractivity contribution in [3.8, 4) is 0 Å². The number of nitrogens with two attached hydrogens (primary N) is 1. The molecule has 2 N–H and O–H groups in total. The van der Waals surface area contributed by atoms with Gasteiger partial charge >= 0.3 is 0 Å².